The number of anilines is 1. The first-order valence-electron chi connectivity index (χ1n) is 10.0. The van der Waals surface area contributed by atoms with Crippen molar-refractivity contribution in [3.63, 3.8) is 0 Å². The third-order valence-electron chi connectivity index (χ3n) is 5.36. The van der Waals surface area contributed by atoms with Crippen LogP contribution in [-0.2, 0) is 16.6 Å². The number of carbonyl (C=O) groups excluding carboxylic acids is 2. The van der Waals surface area contributed by atoms with Gasteiger partial charge in [-0.3, -0.25) is 19.6 Å². The number of aliphatic carboxylic acids is 1. The van der Waals surface area contributed by atoms with Crippen LogP contribution in [0.2, 0.25) is 0 Å². The van der Waals surface area contributed by atoms with Crippen LogP contribution in [0, 0.1) is 0 Å². The second kappa shape index (κ2) is 8.54. The first kappa shape index (κ1) is 21.1. The summed E-state index contributed by atoms with van der Waals surface area (Å²) in [6.45, 7) is 1.46. The molecule has 2 aromatic carbocycles. The molecule has 0 fully saturated rings. The zero-order valence-corrected chi connectivity index (χ0v) is 17.5. The largest absolute Gasteiger partial charge is 0.480 e. The molecule has 164 valence electrons. The third-order valence-corrected chi connectivity index (χ3v) is 5.36. The van der Waals surface area contributed by atoms with Crippen LogP contribution in [0.15, 0.2) is 54.7 Å². The molecular formula is C23H22N4O5. The molecule has 32 heavy (non-hydrogen) atoms. The number of hydrogen-bond acceptors (Lipinski definition) is 5. The summed E-state index contributed by atoms with van der Waals surface area (Å²) in [5, 5.41) is 17.9. The monoisotopic (exact) mass is 434 g/mol. The number of aryl methyl sites for hydroxylation is 1. The summed E-state index contributed by atoms with van der Waals surface area (Å²) in [4.78, 5) is 35.9. The summed E-state index contributed by atoms with van der Waals surface area (Å²) in [7, 11) is 1.58. The standard InChI is InChI=1S/C23H22N4O5/c1-13(22(29)30)24-21(28)18-11-27(2)26-20(18)25-23(31)32-12-19-16-9-5-3-7-14(16)15-8-4-6-10-17(15)19/h3-11,13,19H,12H2,1-2H3,(H,24,28)(H,29,30)(H,25,26,31)/t13-/m0/s1. The van der Waals surface area contributed by atoms with Gasteiger partial charge in [0.2, 0.25) is 0 Å². The maximum atomic E-state index is 12.5. The number of carboxylic acids is 1. The minimum Gasteiger partial charge on any atom is -0.480 e. The van der Waals surface area contributed by atoms with E-state index in [2.05, 4.69) is 15.7 Å². The maximum Gasteiger partial charge on any atom is 0.412 e. The molecule has 3 aromatic rings. The predicted molar refractivity (Wildman–Crippen MR) is 116 cm³/mol. The number of fused-ring (bicyclic) bond motifs is 3. The normalized spacial score (nSPS) is 13.1. The lowest BCUT2D eigenvalue weighted by atomic mass is 9.98. The average molecular weight is 434 g/mol. The van der Waals surface area contributed by atoms with Gasteiger partial charge in [-0.1, -0.05) is 48.5 Å². The Balaban J connectivity index is 1.46. The molecule has 4 rings (SSSR count). The van der Waals surface area contributed by atoms with Crippen molar-refractivity contribution in [1.82, 2.24) is 15.1 Å². The lowest BCUT2D eigenvalue weighted by Gasteiger charge is -2.14. The second-order valence-electron chi connectivity index (χ2n) is 7.55. The topological polar surface area (TPSA) is 123 Å². The molecule has 0 aliphatic heterocycles. The highest BCUT2D eigenvalue weighted by Crippen LogP contribution is 2.44. The fraction of sp³-hybridized carbons (Fsp3) is 0.217. The van der Waals surface area contributed by atoms with Crippen LogP contribution in [0.1, 0.15) is 34.3 Å². The van der Waals surface area contributed by atoms with Gasteiger partial charge < -0.3 is 15.2 Å². The van der Waals surface area contributed by atoms with Crippen molar-refractivity contribution in [3.05, 3.63) is 71.4 Å². The molecule has 0 spiro atoms. The molecule has 0 bridgehead atoms. The minimum absolute atomic E-state index is 0.0141. The molecule has 1 atom stereocenters. The summed E-state index contributed by atoms with van der Waals surface area (Å²) >= 11 is 0. The highest BCUT2D eigenvalue weighted by Gasteiger charge is 2.29. The molecule has 2 amide bonds. The molecule has 1 aliphatic rings. The number of nitrogens with one attached hydrogen (secondary N) is 2. The number of rotatable bonds is 6. The van der Waals surface area contributed by atoms with Crippen molar-refractivity contribution in [3.8, 4) is 11.1 Å². The molecule has 1 heterocycles. The Hall–Kier alpha value is -4.14. The van der Waals surface area contributed by atoms with E-state index in [0.717, 1.165) is 22.3 Å². The first-order valence-corrected chi connectivity index (χ1v) is 10.0. The lowest BCUT2D eigenvalue weighted by molar-refractivity contribution is -0.138. The van der Waals surface area contributed by atoms with Crippen LogP contribution in [0.5, 0.6) is 0 Å². The molecule has 3 N–H and O–H groups in total. The number of carboxylic acid groups (broad SMARTS) is 1. The molecule has 0 saturated heterocycles. The van der Waals surface area contributed by atoms with E-state index in [1.54, 1.807) is 7.05 Å². The molecule has 0 unspecified atom stereocenters. The molecule has 1 aliphatic carbocycles. The van der Waals surface area contributed by atoms with Crippen molar-refractivity contribution in [2.24, 2.45) is 7.05 Å². The number of ether oxygens (including phenoxy) is 1. The first-order chi connectivity index (χ1) is 15.3. The van der Waals surface area contributed by atoms with E-state index in [9.17, 15) is 14.4 Å². The number of carbonyl (C=O) groups is 3. The smallest absolute Gasteiger partial charge is 0.412 e. The fourth-order valence-corrected chi connectivity index (χ4v) is 3.81. The van der Waals surface area contributed by atoms with Crippen molar-refractivity contribution in [2.45, 2.75) is 18.9 Å². The molecule has 0 saturated carbocycles. The van der Waals surface area contributed by atoms with E-state index >= 15 is 0 Å². The Bertz CT molecular complexity index is 1160. The van der Waals surface area contributed by atoms with Gasteiger partial charge in [0.25, 0.3) is 5.91 Å². The van der Waals surface area contributed by atoms with Crippen LogP contribution < -0.4 is 10.6 Å². The lowest BCUT2D eigenvalue weighted by Crippen LogP contribution is -2.38. The summed E-state index contributed by atoms with van der Waals surface area (Å²) in [6, 6.07) is 14.9. The second-order valence-corrected chi connectivity index (χ2v) is 7.55. The Labute approximate surface area is 184 Å². The van der Waals surface area contributed by atoms with Gasteiger partial charge in [0.1, 0.15) is 18.2 Å². The highest BCUT2D eigenvalue weighted by molar-refractivity contribution is 6.02. The Kier molecular flexibility index (Phi) is 5.63. The van der Waals surface area contributed by atoms with E-state index in [4.69, 9.17) is 9.84 Å². The summed E-state index contributed by atoms with van der Waals surface area (Å²) in [5.41, 5.74) is 4.44. The Morgan fingerprint density at radius 1 is 1.09 bits per heavy atom. The zero-order valence-electron chi connectivity index (χ0n) is 17.5. The number of aromatic nitrogens is 2. The molecular weight excluding hydrogens is 412 g/mol. The third kappa shape index (κ3) is 4.04. The zero-order chi connectivity index (χ0) is 22.8. The van der Waals surface area contributed by atoms with E-state index < -0.39 is 24.0 Å². The van der Waals surface area contributed by atoms with Gasteiger partial charge in [-0.25, -0.2) is 4.79 Å². The summed E-state index contributed by atoms with van der Waals surface area (Å²) in [5.74, 6) is -1.95. The van der Waals surface area contributed by atoms with Crippen LogP contribution >= 0.6 is 0 Å². The number of amides is 2. The van der Waals surface area contributed by atoms with Crippen molar-refractivity contribution in [1.29, 1.82) is 0 Å². The van der Waals surface area contributed by atoms with Gasteiger partial charge in [-0.05, 0) is 29.2 Å². The van der Waals surface area contributed by atoms with E-state index in [1.807, 2.05) is 48.5 Å². The maximum absolute atomic E-state index is 12.5. The van der Waals surface area contributed by atoms with E-state index in [1.165, 1.54) is 17.8 Å². The number of hydrogen-bond donors (Lipinski definition) is 3. The average Bonchev–Trinajstić information content (AvgIpc) is 3.29. The van der Waals surface area contributed by atoms with Gasteiger partial charge in [0.05, 0.1) is 0 Å². The Morgan fingerprint density at radius 2 is 1.69 bits per heavy atom. The van der Waals surface area contributed by atoms with Crippen LogP contribution in [0.3, 0.4) is 0 Å². The van der Waals surface area contributed by atoms with Crippen LogP contribution in [0.4, 0.5) is 10.6 Å². The number of benzene rings is 2. The van der Waals surface area contributed by atoms with Gasteiger partial charge >= 0.3 is 12.1 Å². The van der Waals surface area contributed by atoms with Gasteiger partial charge in [-0.2, -0.15) is 5.10 Å². The highest BCUT2D eigenvalue weighted by atomic mass is 16.5. The molecule has 0 radical (unpaired) electrons. The summed E-state index contributed by atoms with van der Waals surface area (Å²) in [6.07, 6.45) is 0.633. The molecule has 1 aromatic heterocycles. The number of nitrogens with zero attached hydrogens (tertiary/aromatic N) is 2. The van der Waals surface area contributed by atoms with Gasteiger partial charge in [-0.15, -0.1) is 0 Å². The SMILES string of the molecule is C[C@H](NC(=O)c1cn(C)nc1NC(=O)OCC1c2ccccc2-c2ccccc21)C(=O)O. The van der Waals surface area contributed by atoms with Crippen molar-refractivity contribution in [2.75, 3.05) is 11.9 Å². The van der Waals surface area contributed by atoms with E-state index in [-0.39, 0.29) is 23.9 Å². The van der Waals surface area contributed by atoms with Gasteiger partial charge in [0.15, 0.2) is 5.82 Å². The van der Waals surface area contributed by atoms with Crippen LogP contribution in [-0.4, -0.2) is 45.5 Å². The fourth-order valence-electron chi connectivity index (χ4n) is 3.81. The quantitative estimate of drug-likeness (QED) is 0.548. The van der Waals surface area contributed by atoms with Crippen LogP contribution in [0.25, 0.3) is 11.1 Å². The van der Waals surface area contributed by atoms with Crippen molar-refractivity contribution >= 4 is 23.8 Å². The predicted octanol–water partition coefficient (Wildman–Crippen LogP) is 2.98. The minimum atomic E-state index is -1.17. The molecule has 9 nitrogen and oxygen atoms in total. The van der Waals surface area contributed by atoms with Gasteiger partial charge in [0, 0.05) is 19.2 Å². The van der Waals surface area contributed by atoms with Crippen molar-refractivity contribution < 1.29 is 24.2 Å². The summed E-state index contributed by atoms with van der Waals surface area (Å²) < 4.78 is 6.83. The Morgan fingerprint density at radius 3 is 2.28 bits per heavy atom. The molecule has 9 heteroatoms. The van der Waals surface area contributed by atoms with E-state index in [0.29, 0.717) is 0 Å².